The Bertz CT molecular complexity index is 822. The van der Waals surface area contributed by atoms with Crippen LogP contribution in [0, 0.1) is 0 Å². The Kier molecular flexibility index (Phi) is 3.57. The highest BCUT2D eigenvalue weighted by Crippen LogP contribution is 2.36. The monoisotopic (exact) mass is 304 g/mol. The third-order valence-electron chi connectivity index (χ3n) is 3.86. The van der Waals surface area contributed by atoms with E-state index in [1.807, 2.05) is 17.8 Å². The highest BCUT2D eigenvalue weighted by molar-refractivity contribution is 8.14. The van der Waals surface area contributed by atoms with Gasteiger partial charge in [-0.3, -0.25) is 5.43 Å². The van der Waals surface area contributed by atoms with Gasteiger partial charge in [-0.05, 0) is 21.9 Å². The first-order valence-electron chi connectivity index (χ1n) is 7.40. The molecule has 3 aromatic rings. The van der Waals surface area contributed by atoms with Gasteiger partial charge in [0.05, 0.1) is 5.04 Å². The Balaban J connectivity index is 1.56. The van der Waals surface area contributed by atoms with Crippen molar-refractivity contribution in [3.8, 4) is 0 Å². The molecule has 0 aliphatic carbocycles. The lowest BCUT2D eigenvalue weighted by molar-refractivity contribution is 0.747. The minimum atomic E-state index is 0.199. The maximum absolute atomic E-state index is 4.53. The molecule has 3 heteroatoms. The largest absolute Gasteiger partial charge is 0.291 e. The van der Waals surface area contributed by atoms with E-state index in [-0.39, 0.29) is 5.37 Å². The molecule has 1 atom stereocenters. The first-order valence-corrected chi connectivity index (χ1v) is 8.28. The zero-order chi connectivity index (χ0) is 14.8. The van der Waals surface area contributed by atoms with Gasteiger partial charge in [0.15, 0.2) is 0 Å². The van der Waals surface area contributed by atoms with Crippen LogP contribution in [0.25, 0.3) is 10.8 Å². The first kappa shape index (κ1) is 13.4. The Hall–Kier alpha value is -2.26. The molecule has 0 spiro atoms. The zero-order valence-electron chi connectivity index (χ0n) is 12.1. The van der Waals surface area contributed by atoms with E-state index in [0.29, 0.717) is 0 Å². The van der Waals surface area contributed by atoms with Crippen molar-refractivity contribution in [3.05, 3.63) is 83.9 Å². The lowest BCUT2D eigenvalue weighted by Crippen LogP contribution is -2.06. The van der Waals surface area contributed by atoms with E-state index in [2.05, 4.69) is 77.3 Å². The summed E-state index contributed by atoms with van der Waals surface area (Å²) in [4.78, 5) is 0. The standard InChI is InChI=1S/C19H16N2S/c1-2-7-14(8-3-1)13-18-20-21-19(22-18)17-12-6-10-15-9-4-5-11-16(15)17/h1-12,19,21H,13H2. The van der Waals surface area contributed by atoms with Crippen molar-refractivity contribution in [3.63, 3.8) is 0 Å². The van der Waals surface area contributed by atoms with Crippen LogP contribution in [0.3, 0.4) is 0 Å². The zero-order valence-corrected chi connectivity index (χ0v) is 12.9. The molecule has 4 rings (SSSR count). The van der Waals surface area contributed by atoms with Gasteiger partial charge in [0.25, 0.3) is 0 Å². The number of nitrogens with zero attached hydrogens (tertiary/aromatic N) is 1. The second-order valence-electron chi connectivity index (χ2n) is 5.36. The van der Waals surface area contributed by atoms with E-state index in [9.17, 15) is 0 Å². The summed E-state index contributed by atoms with van der Waals surface area (Å²) in [5, 5.41) is 8.44. The summed E-state index contributed by atoms with van der Waals surface area (Å²) in [7, 11) is 0. The van der Waals surface area contributed by atoms with Crippen molar-refractivity contribution >= 4 is 27.6 Å². The van der Waals surface area contributed by atoms with Crippen molar-refractivity contribution in [1.29, 1.82) is 0 Å². The topological polar surface area (TPSA) is 24.4 Å². The maximum atomic E-state index is 4.53. The molecule has 1 N–H and O–H groups in total. The molecule has 0 amide bonds. The molecule has 1 aliphatic rings. The van der Waals surface area contributed by atoms with Gasteiger partial charge in [0.1, 0.15) is 5.37 Å². The summed E-state index contributed by atoms with van der Waals surface area (Å²) < 4.78 is 0. The molecule has 0 saturated carbocycles. The predicted octanol–water partition coefficient (Wildman–Crippen LogP) is 4.73. The molecule has 1 aliphatic heterocycles. The van der Waals surface area contributed by atoms with Gasteiger partial charge in [0, 0.05) is 6.42 Å². The smallest absolute Gasteiger partial charge is 0.121 e. The SMILES string of the molecule is c1ccc(CC2=NNC(c3cccc4ccccc34)S2)cc1. The van der Waals surface area contributed by atoms with Crippen LogP contribution < -0.4 is 5.43 Å². The van der Waals surface area contributed by atoms with Crippen LogP contribution >= 0.6 is 11.8 Å². The highest BCUT2D eigenvalue weighted by atomic mass is 32.2. The van der Waals surface area contributed by atoms with Gasteiger partial charge in [0.2, 0.25) is 0 Å². The molecule has 0 radical (unpaired) electrons. The van der Waals surface area contributed by atoms with Crippen LogP contribution in [0.1, 0.15) is 16.5 Å². The van der Waals surface area contributed by atoms with Gasteiger partial charge in [-0.1, -0.05) is 84.6 Å². The van der Waals surface area contributed by atoms with Crippen LogP contribution in [-0.2, 0) is 6.42 Å². The first-order chi connectivity index (χ1) is 10.9. The van der Waals surface area contributed by atoms with E-state index >= 15 is 0 Å². The van der Waals surface area contributed by atoms with Gasteiger partial charge >= 0.3 is 0 Å². The number of benzene rings is 3. The van der Waals surface area contributed by atoms with Gasteiger partial charge < -0.3 is 0 Å². The van der Waals surface area contributed by atoms with E-state index in [1.54, 1.807) is 0 Å². The molecule has 22 heavy (non-hydrogen) atoms. The Morgan fingerprint density at radius 2 is 1.64 bits per heavy atom. The summed E-state index contributed by atoms with van der Waals surface area (Å²) in [5.74, 6) is 0. The number of fused-ring (bicyclic) bond motifs is 1. The molecular weight excluding hydrogens is 288 g/mol. The van der Waals surface area contributed by atoms with Crippen LogP contribution in [0.15, 0.2) is 77.9 Å². The lowest BCUT2D eigenvalue weighted by atomic mass is 10.0. The molecule has 0 aromatic heterocycles. The highest BCUT2D eigenvalue weighted by Gasteiger charge is 2.22. The predicted molar refractivity (Wildman–Crippen MR) is 95.0 cm³/mol. The van der Waals surface area contributed by atoms with Crippen molar-refractivity contribution in [2.75, 3.05) is 0 Å². The summed E-state index contributed by atoms with van der Waals surface area (Å²) in [6.45, 7) is 0. The molecule has 0 bridgehead atoms. The number of rotatable bonds is 3. The van der Waals surface area contributed by atoms with E-state index in [4.69, 9.17) is 0 Å². The number of nitrogens with one attached hydrogen (secondary N) is 1. The Morgan fingerprint density at radius 1 is 0.864 bits per heavy atom. The van der Waals surface area contributed by atoms with Crippen molar-refractivity contribution in [2.45, 2.75) is 11.8 Å². The summed E-state index contributed by atoms with van der Waals surface area (Å²) in [6.07, 6.45) is 0.889. The second kappa shape index (κ2) is 5.85. The number of thioether (sulfide) groups is 1. The van der Waals surface area contributed by atoms with E-state index < -0.39 is 0 Å². The fourth-order valence-electron chi connectivity index (χ4n) is 2.78. The number of hydrazone groups is 1. The van der Waals surface area contributed by atoms with Gasteiger partial charge in [-0.25, -0.2) is 0 Å². The molecule has 0 fully saturated rings. The van der Waals surface area contributed by atoms with Crippen LogP contribution in [0.2, 0.25) is 0 Å². The quantitative estimate of drug-likeness (QED) is 0.756. The van der Waals surface area contributed by atoms with E-state index in [0.717, 1.165) is 11.5 Å². The molecule has 3 aromatic carbocycles. The lowest BCUT2D eigenvalue weighted by Gasteiger charge is -2.12. The number of hydrogen-bond donors (Lipinski definition) is 1. The third kappa shape index (κ3) is 2.60. The molecule has 0 saturated heterocycles. The molecule has 1 heterocycles. The van der Waals surface area contributed by atoms with Crippen LogP contribution in [-0.4, -0.2) is 5.04 Å². The van der Waals surface area contributed by atoms with Crippen molar-refractivity contribution in [1.82, 2.24) is 5.43 Å². The van der Waals surface area contributed by atoms with Gasteiger partial charge in [-0.15, -0.1) is 0 Å². The van der Waals surface area contributed by atoms with Crippen molar-refractivity contribution in [2.24, 2.45) is 5.10 Å². The number of hydrogen-bond acceptors (Lipinski definition) is 3. The minimum Gasteiger partial charge on any atom is -0.291 e. The fraction of sp³-hybridized carbons (Fsp3) is 0.105. The van der Waals surface area contributed by atoms with Crippen LogP contribution in [0.4, 0.5) is 0 Å². The van der Waals surface area contributed by atoms with Crippen molar-refractivity contribution < 1.29 is 0 Å². The second-order valence-corrected chi connectivity index (χ2v) is 6.54. The average Bonchev–Trinajstić information content (AvgIpc) is 3.03. The van der Waals surface area contributed by atoms with Gasteiger partial charge in [-0.2, -0.15) is 5.10 Å². The third-order valence-corrected chi connectivity index (χ3v) is 4.97. The van der Waals surface area contributed by atoms with E-state index in [1.165, 1.54) is 21.9 Å². The molecule has 1 unspecified atom stereocenters. The summed E-state index contributed by atoms with van der Waals surface area (Å²) >= 11 is 1.81. The molecule has 2 nitrogen and oxygen atoms in total. The normalized spacial score (nSPS) is 17.3. The maximum Gasteiger partial charge on any atom is 0.121 e. The van der Waals surface area contributed by atoms with Crippen LogP contribution in [0.5, 0.6) is 0 Å². The minimum absolute atomic E-state index is 0.199. The summed E-state index contributed by atoms with van der Waals surface area (Å²) in [5.41, 5.74) is 5.89. The summed E-state index contributed by atoms with van der Waals surface area (Å²) in [6, 6.07) is 25.5. The fourth-order valence-corrected chi connectivity index (χ4v) is 3.85. The molecular formula is C19H16N2S. The Labute approximate surface area is 134 Å². The Morgan fingerprint density at radius 3 is 2.55 bits per heavy atom. The molecule has 108 valence electrons. The average molecular weight is 304 g/mol.